The molecule has 3 rings (SSSR count). The summed E-state index contributed by atoms with van der Waals surface area (Å²) >= 11 is 0. The zero-order valence-corrected chi connectivity index (χ0v) is 18.5. The Morgan fingerprint density at radius 2 is 1.81 bits per heavy atom. The van der Waals surface area contributed by atoms with Crippen LogP contribution in [0, 0.1) is 5.92 Å². The van der Waals surface area contributed by atoms with Crippen LogP contribution < -0.4 is 4.74 Å². The van der Waals surface area contributed by atoms with E-state index < -0.39 is 5.97 Å². The maximum absolute atomic E-state index is 12.9. The van der Waals surface area contributed by atoms with Crippen molar-refractivity contribution in [2.45, 2.75) is 32.7 Å². The van der Waals surface area contributed by atoms with Crippen LogP contribution in [0.1, 0.15) is 42.1 Å². The van der Waals surface area contributed by atoms with Crippen LogP contribution in [0.15, 0.2) is 71.3 Å². The van der Waals surface area contributed by atoms with Crippen molar-refractivity contribution < 1.29 is 23.8 Å². The fourth-order valence-electron chi connectivity index (χ4n) is 3.56. The highest BCUT2D eigenvalue weighted by Gasteiger charge is 2.15. The van der Waals surface area contributed by atoms with Crippen molar-refractivity contribution in [2.24, 2.45) is 5.92 Å². The zero-order valence-electron chi connectivity index (χ0n) is 18.5. The summed E-state index contributed by atoms with van der Waals surface area (Å²) in [6.45, 7) is 2.86. The Morgan fingerprint density at radius 1 is 1.06 bits per heavy atom. The number of carboxylic acid groups (broad SMARTS) is 1. The number of carbonyl (C=O) groups is 2. The highest BCUT2D eigenvalue weighted by atomic mass is 16.5. The average molecular weight is 436 g/mol. The first-order valence-corrected chi connectivity index (χ1v) is 10.8. The second-order valence-corrected chi connectivity index (χ2v) is 8.02. The molecule has 0 radical (unpaired) electrons. The molecule has 168 valence electrons. The van der Waals surface area contributed by atoms with Crippen LogP contribution >= 0.6 is 0 Å². The number of hydrogen-bond donors (Lipinski definition) is 1. The van der Waals surface area contributed by atoms with Gasteiger partial charge in [-0.05, 0) is 49.1 Å². The monoisotopic (exact) mass is 435 g/mol. The molecule has 3 aromatic rings. The van der Waals surface area contributed by atoms with Gasteiger partial charge in [-0.3, -0.25) is 9.59 Å². The maximum atomic E-state index is 12.9. The van der Waals surface area contributed by atoms with E-state index >= 15 is 0 Å². The number of ether oxygens (including phenoxy) is 1. The third-order valence-corrected chi connectivity index (χ3v) is 5.29. The Bertz CT molecular complexity index is 1010. The summed E-state index contributed by atoms with van der Waals surface area (Å²) in [6, 6.07) is 18.7. The van der Waals surface area contributed by atoms with Crippen molar-refractivity contribution >= 4 is 11.9 Å². The van der Waals surface area contributed by atoms with Gasteiger partial charge in [0, 0.05) is 36.7 Å². The molecule has 0 saturated heterocycles. The predicted octanol–water partition coefficient (Wildman–Crippen LogP) is 5.49. The van der Waals surface area contributed by atoms with Crippen LogP contribution in [0.3, 0.4) is 0 Å². The number of rotatable bonds is 11. The van der Waals surface area contributed by atoms with Crippen molar-refractivity contribution in [3.63, 3.8) is 0 Å². The van der Waals surface area contributed by atoms with E-state index in [-0.39, 0.29) is 18.2 Å². The van der Waals surface area contributed by atoms with Crippen molar-refractivity contribution in [1.82, 2.24) is 4.90 Å². The van der Waals surface area contributed by atoms with E-state index in [4.69, 9.17) is 14.3 Å². The van der Waals surface area contributed by atoms with Gasteiger partial charge in [-0.15, -0.1) is 0 Å². The third kappa shape index (κ3) is 6.48. The quantitative estimate of drug-likeness (QED) is 0.403. The molecule has 1 aromatic heterocycles. The molecule has 0 fully saturated rings. The summed E-state index contributed by atoms with van der Waals surface area (Å²) < 4.78 is 11.3. The number of amides is 1. The normalized spacial score (nSPS) is 11.7. The lowest BCUT2D eigenvalue weighted by Gasteiger charge is -2.20. The van der Waals surface area contributed by atoms with E-state index in [1.807, 2.05) is 55.5 Å². The summed E-state index contributed by atoms with van der Waals surface area (Å²) in [5, 5.41) is 8.85. The second kappa shape index (κ2) is 11.2. The van der Waals surface area contributed by atoms with Gasteiger partial charge < -0.3 is 19.2 Å². The highest BCUT2D eigenvalue weighted by molar-refractivity contribution is 5.94. The van der Waals surface area contributed by atoms with E-state index in [9.17, 15) is 9.59 Å². The smallest absolute Gasteiger partial charge is 0.303 e. The summed E-state index contributed by atoms with van der Waals surface area (Å²) in [5.41, 5.74) is 2.45. The van der Waals surface area contributed by atoms with Gasteiger partial charge in [0.1, 0.15) is 11.5 Å². The average Bonchev–Trinajstić information content (AvgIpc) is 3.32. The molecule has 0 saturated carbocycles. The molecular formula is C26H29NO5. The number of carboxylic acids is 1. The van der Waals surface area contributed by atoms with E-state index in [0.29, 0.717) is 18.7 Å². The Balaban J connectivity index is 1.56. The Morgan fingerprint density at radius 3 is 2.50 bits per heavy atom. The van der Waals surface area contributed by atoms with Crippen LogP contribution in [0.25, 0.3) is 11.3 Å². The number of para-hydroxylation sites is 1. The zero-order chi connectivity index (χ0) is 22.9. The second-order valence-electron chi connectivity index (χ2n) is 8.02. The Kier molecular flexibility index (Phi) is 8.08. The number of furan rings is 1. The molecule has 1 heterocycles. The lowest BCUT2D eigenvalue weighted by molar-refractivity contribution is -0.138. The third-order valence-electron chi connectivity index (χ3n) is 5.29. The number of nitrogens with zero attached hydrogens (tertiary/aromatic N) is 1. The molecule has 0 aliphatic carbocycles. The van der Waals surface area contributed by atoms with E-state index in [2.05, 4.69) is 0 Å². The maximum Gasteiger partial charge on any atom is 0.303 e. The molecule has 0 spiro atoms. The standard InChI is InChI=1S/C26H29NO5/c1-19(17-25(28)29)7-5-15-32-24-9-4-3-8-22(24)18-27(2)26(30)21-13-11-20(12-14-21)23-10-6-16-31-23/h3-4,6,8-14,16,19H,5,7,15,17-18H2,1-2H3,(H,28,29)/t19-/m0/s1. The van der Waals surface area contributed by atoms with Gasteiger partial charge in [0.05, 0.1) is 12.9 Å². The molecule has 32 heavy (non-hydrogen) atoms. The molecule has 1 amide bonds. The van der Waals surface area contributed by atoms with Crippen LogP contribution in [-0.2, 0) is 11.3 Å². The van der Waals surface area contributed by atoms with Gasteiger partial charge in [0.2, 0.25) is 0 Å². The van der Waals surface area contributed by atoms with Gasteiger partial charge in [0.25, 0.3) is 5.91 Å². The van der Waals surface area contributed by atoms with Crippen LogP contribution in [-0.4, -0.2) is 35.5 Å². The molecule has 0 bridgehead atoms. The van der Waals surface area contributed by atoms with Crippen LogP contribution in [0.2, 0.25) is 0 Å². The summed E-state index contributed by atoms with van der Waals surface area (Å²) in [6.07, 6.45) is 3.37. The number of carbonyl (C=O) groups excluding carboxylic acids is 1. The summed E-state index contributed by atoms with van der Waals surface area (Å²) in [7, 11) is 1.77. The molecule has 0 aliphatic rings. The molecule has 2 aromatic carbocycles. The minimum absolute atomic E-state index is 0.0757. The largest absolute Gasteiger partial charge is 0.493 e. The number of benzene rings is 2. The number of aliphatic carboxylic acids is 1. The first kappa shape index (κ1) is 23.1. The first-order chi connectivity index (χ1) is 15.4. The molecular weight excluding hydrogens is 406 g/mol. The Hall–Kier alpha value is -3.54. The van der Waals surface area contributed by atoms with Crippen LogP contribution in [0.4, 0.5) is 0 Å². The number of hydrogen-bond acceptors (Lipinski definition) is 4. The summed E-state index contributed by atoms with van der Waals surface area (Å²) in [5.74, 6) is 0.779. The summed E-state index contributed by atoms with van der Waals surface area (Å²) in [4.78, 5) is 25.3. The van der Waals surface area contributed by atoms with E-state index in [0.717, 1.165) is 35.5 Å². The van der Waals surface area contributed by atoms with Gasteiger partial charge in [-0.25, -0.2) is 0 Å². The van der Waals surface area contributed by atoms with Crippen molar-refractivity contribution in [3.05, 3.63) is 78.1 Å². The molecule has 6 heteroatoms. The minimum atomic E-state index is -0.771. The topological polar surface area (TPSA) is 80.0 Å². The molecule has 0 aliphatic heterocycles. The van der Waals surface area contributed by atoms with Gasteiger partial charge >= 0.3 is 5.97 Å². The minimum Gasteiger partial charge on any atom is -0.493 e. The fraction of sp³-hybridized carbons (Fsp3) is 0.308. The molecule has 0 unspecified atom stereocenters. The van der Waals surface area contributed by atoms with Crippen molar-refractivity contribution in [1.29, 1.82) is 0 Å². The highest BCUT2D eigenvalue weighted by Crippen LogP contribution is 2.23. The first-order valence-electron chi connectivity index (χ1n) is 10.8. The van der Waals surface area contributed by atoms with E-state index in [1.165, 1.54) is 0 Å². The lowest BCUT2D eigenvalue weighted by Crippen LogP contribution is -2.26. The Labute approximate surface area is 188 Å². The van der Waals surface area contributed by atoms with Gasteiger partial charge in [-0.2, -0.15) is 0 Å². The van der Waals surface area contributed by atoms with Crippen molar-refractivity contribution in [3.8, 4) is 17.1 Å². The fourth-order valence-corrected chi connectivity index (χ4v) is 3.56. The van der Waals surface area contributed by atoms with Crippen LogP contribution in [0.5, 0.6) is 5.75 Å². The molecule has 1 atom stereocenters. The predicted molar refractivity (Wildman–Crippen MR) is 123 cm³/mol. The molecule has 6 nitrogen and oxygen atoms in total. The van der Waals surface area contributed by atoms with Crippen molar-refractivity contribution in [2.75, 3.05) is 13.7 Å². The van der Waals surface area contributed by atoms with Gasteiger partial charge in [-0.1, -0.05) is 37.3 Å². The SMILES string of the molecule is C[C@@H](CCCOc1ccccc1CN(C)C(=O)c1ccc(-c2ccco2)cc1)CC(=O)O. The molecule has 1 N–H and O–H groups in total. The van der Waals surface area contributed by atoms with Gasteiger partial charge in [0.15, 0.2) is 0 Å². The van der Waals surface area contributed by atoms with E-state index in [1.54, 1.807) is 30.3 Å². The lowest BCUT2D eigenvalue weighted by atomic mass is 10.0.